The molecule has 2 heterocycles. The van der Waals surface area contributed by atoms with Crippen LogP contribution in [0.15, 0.2) is 42.5 Å². The van der Waals surface area contributed by atoms with Crippen LogP contribution in [0, 0.1) is 0 Å². The number of carboxylic acids is 1. The first-order valence-corrected chi connectivity index (χ1v) is 10.9. The summed E-state index contributed by atoms with van der Waals surface area (Å²) in [5.74, 6) is -1.67. The van der Waals surface area contributed by atoms with Crippen LogP contribution in [0.5, 0.6) is 5.75 Å². The Labute approximate surface area is 198 Å². The number of aliphatic carboxylic acids is 1. The average Bonchev–Trinajstić information content (AvgIpc) is 2.81. The summed E-state index contributed by atoms with van der Waals surface area (Å²) >= 11 is 0. The number of halogens is 3. The molecule has 0 aromatic heterocycles. The van der Waals surface area contributed by atoms with Crippen molar-refractivity contribution in [3.63, 3.8) is 0 Å². The molecular formula is C24H23F3N2O6. The van der Waals surface area contributed by atoms with E-state index in [1.54, 1.807) is 7.05 Å². The Morgan fingerprint density at radius 3 is 2.51 bits per heavy atom. The van der Waals surface area contributed by atoms with Crippen LogP contribution in [-0.2, 0) is 15.7 Å². The van der Waals surface area contributed by atoms with Gasteiger partial charge in [0.25, 0.3) is 11.8 Å². The summed E-state index contributed by atoms with van der Waals surface area (Å²) in [5, 5.41) is 11.6. The number of nitrogens with zero attached hydrogens (tertiary/aromatic N) is 1. The van der Waals surface area contributed by atoms with Gasteiger partial charge in [-0.05, 0) is 55.3 Å². The summed E-state index contributed by atoms with van der Waals surface area (Å²) in [6.45, 7) is 0.114. The number of carbonyl (C=O) groups is 3. The molecule has 0 spiro atoms. The van der Waals surface area contributed by atoms with Crippen molar-refractivity contribution in [2.45, 2.75) is 43.7 Å². The molecule has 11 heteroatoms. The first-order chi connectivity index (χ1) is 16.5. The maximum absolute atomic E-state index is 13.2. The minimum absolute atomic E-state index is 0.0301. The lowest BCUT2D eigenvalue weighted by Gasteiger charge is -2.42. The van der Waals surface area contributed by atoms with E-state index in [2.05, 4.69) is 5.32 Å². The predicted molar refractivity (Wildman–Crippen MR) is 117 cm³/mol. The molecule has 4 rings (SSSR count). The smallest absolute Gasteiger partial charge is 0.416 e. The first kappa shape index (κ1) is 24.5. The predicted octanol–water partition coefficient (Wildman–Crippen LogP) is 3.81. The lowest BCUT2D eigenvalue weighted by Crippen LogP contribution is -2.53. The molecule has 2 aromatic carbocycles. The first-order valence-electron chi connectivity index (χ1n) is 10.9. The molecule has 1 saturated heterocycles. The second-order valence-corrected chi connectivity index (χ2v) is 8.51. The van der Waals surface area contributed by atoms with Crippen molar-refractivity contribution in [2.24, 2.45) is 0 Å². The van der Waals surface area contributed by atoms with E-state index in [0.717, 1.165) is 24.3 Å². The van der Waals surface area contributed by atoms with Crippen molar-refractivity contribution < 1.29 is 42.1 Å². The fraction of sp³-hybridized carbons (Fsp3) is 0.375. The van der Waals surface area contributed by atoms with E-state index in [4.69, 9.17) is 14.6 Å². The molecule has 2 aliphatic rings. The molecule has 0 saturated carbocycles. The highest BCUT2D eigenvalue weighted by Crippen LogP contribution is 2.33. The highest BCUT2D eigenvalue weighted by atomic mass is 19.4. The van der Waals surface area contributed by atoms with Gasteiger partial charge in [-0.25, -0.2) is 0 Å². The molecule has 2 aliphatic heterocycles. The van der Waals surface area contributed by atoms with Gasteiger partial charge in [-0.2, -0.15) is 13.2 Å². The zero-order chi connectivity index (χ0) is 25.3. The SMILES string of the molecule is CN1C(=O)c2cc(NC(=O)c3ccc(C(F)(F)F)cc3)ccc2OC[C@@H]2O[C@H](CC(=O)O)CC[C@@H]21. The Morgan fingerprint density at radius 2 is 1.86 bits per heavy atom. The molecule has 2 N–H and O–H groups in total. The molecule has 0 radical (unpaired) electrons. The van der Waals surface area contributed by atoms with Gasteiger partial charge in [-0.15, -0.1) is 0 Å². The molecule has 0 bridgehead atoms. The van der Waals surface area contributed by atoms with Crippen LogP contribution in [0.3, 0.4) is 0 Å². The Bertz CT molecular complexity index is 1140. The normalized spacial score (nSPS) is 22.2. The lowest BCUT2D eigenvalue weighted by molar-refractivity contribution is -0.148. The number of nitrogens with one attached hydrogen (secondary N) is 1. The molecule has 3 atom stereocenters. The summed E-state index contributed by atoms with van der Waals surface area (Å²) in [6.07, 6.45) is -4.54. The molecule has 0 unspecified atom stereocenters. The number of fused-ring (bicyclic) bond motifs is 2. The van der Waals surface area contributed by atoms with Crippen LogP contribution < -0.4 is 10.1 Å². The number of ether oxygens (including phenoxy) is 2. The largest absolute Gasteiger partial charge is 0.490 e. The topological polar surface area (TPSA) is 105 Å². The molecule has 0 aliphatic carbocycles. The summed E-state index contributed by atoms with van der Waals surface area (Å²) in [5.41, 5.74) is -0.343. The molecule has 8 nitrogen and oxygen atoms in total. The van der Waals surface area contributed by atoms with Gasteiger partial charge in [0.1, 0.15) is 18.5 Å². The van der Waals surface area contributed by atoms with Crippen molar-refractivity contribution in [1.82, 2.24) is 4.90 Å². The minimum atomic E-state index is -4.50. The Hall–Kier alpha value is -3.60. The zero-order valence-corrected chi connectivity index (χ0v) is 18.7. The van der Waals surface area contributed by atoms with E-state index in [0.29, 0.717) is 12.8 Å². The van der Waals surface area contributed by atoms with E-state index in [-0.39, 0.29) is 47.5 Å². The van der Waals surface area contributed by atoms with Crippen molar-refractivity contribution in [1.29, 1.82) is 0 Å². The number of hydrogen-bond donors (Lipinski definition) is 2. The standard InChI is InChI=1S/C24H23F3N2O6/c1-29-18-8-7-16(11-21(30)31)35-20(18)12-34-19-9-6-15(10-17(19)23(29)33)28-22(32)13-2-4-14(5-3-13)24(25,26)27/h2-6,9-10,16,18,20H,7-8,11-12H2,1H3,(H,28,32)(H,30,31)/t16-,18-,20-/m0/s1. The van der Waals surface area contributed by atoms with Crippen LogP contribution >= 0.6 is 0 Å². The van der Waals surface area contributed by atoms with Crippen LogP contribution in [-0.4, -0.2) is 59.7 Å². The third-order valence-electron chi connectivity index (χ3n) is 6.15. The van der Waals surface area contributed by atoms with Crippen LogP contribution in [0.25, 0.3) is 0 Å². The highest BCUT2D eigenvalue weighted by Gasteiger charge is 2.39. The van der Waals surface area contributed by atoms with Crippen LogP contribution in [0.1, 0.15) is 45.5 Å². The molecule has 35 heavy (non-hydrogen) atoms. The van der Waals surface area contributed by atoms with Crippen molar-refractivity contribution in [3.05, 3.63) is 59.2 Å². The van der Waals surface area contributed by atoms with E-state index in [1.807, 2.05) is 0 Å². The van der Waals surface area contributed by atoms with Gasteiger partial charge >= 0.3 is 12.1 Å². The second kappa shape index (κ2) is 9.57. The third-order valence-corrected chi connectivity index (χ3v) is 6.15. The van der Waals surface area contributed by atoms with Crippen molar-refractivity contribution in [3.8, 4) is 5.75 Å². The van der Waals surface area contributed by atoms with Gasteiger partial charge in [-0.1, -0.05) is 0 Å². The van der Waals surface area contributed by atoms with Crippen LogP contribution in [0.4, 0.5) is 18.9 Å². The zero-order valence-electron chi connectivity index (χ0n) is 18.7. The van der Waals surface area contributed by atoms with Crippen molar-refractivity contribution >= 4 is 23.5 Å². The highest BCUT2D eigenvalue weighted by molar-refractivity contribution is 6.05. The number of amides is 2. The quantitative estimate of drug-likeness (QED) is 0.673. The summed E-state index contributed by atoms with van der Waals surface area (Å²) in [4.78, 5) is 38.3. The Kier molecular flexibility index (Phi) is 6.70. The molecule has 2 aromatic rings. The lowest BCUT2D eigenvalue weighted by atomic mass is 9.94. The van der Waals surface area contributed by atoms with E-state index < -0.39 is 35.8 Å². The fourth-order valence-corrected chi connectivity index (χ4v) is 4.31. The number of carboxylic acid groups (broad SMARTS) is 1. The Balaban J connectivity index is 1.50. The fourth-order valence-electron chi connectivity index (χ4n) is 4.31. The molecular weight excluding hydrogens is 469 g/mol. The summed E-state index contributed by atoms with van der Waals surface area (Å²) in [7, 11) is 1.63. The number of carbonyl (C=O) groups excluding carboxylic acids is 2. The number of alkyl halides is 3. The van der Waals surface area contributed by atoms with Gasteiger partial charge in [0.05, 0.1) is 29.7 Å². The minimum Gasteiger partial charge on any atom is -0.490 e. The number of likely N-dealkylation sites (N-methyl/N-ethyl adjacent to an activating group) is 1. The summed E-state index contributed by atoms with van der Waals surface area (Å²) < 4.78 is 50.0. The Morgan fingerprint density at radius 1 is 1.14 bits per heavy atom. The number of benzene rings is 2. The summed E-state index contributed by atoms with van der Waals surface area (Å²) in [6, 6.07) is 7.97. The van der Waals surface area contributed by atoms with E-state index >= 15 is 0 Å². The van der Waals surface area contributed by atoms with Crippen molar-refractivity contribution in [2.75, 3.05) is 19.0 Å². The van der Waals surface area contributed by atoms with E-state index in [1.165, 1.54) is 23.1 Å². The molecule has 2 amide bonds. The van der Waals surface area contributed by atoms with Crippen LogP contribution in [0.2, 0.25) is 0 Å². The second-order valence-electron chi connectivity index (χ2n) is 8.51. The van der Waals surface area contributed by atoms with Gasteiger partial charge in [0.2, 0.25) is 0 Å². The third kappa shape index (κ3) is 5.40. The monoisotopic (exact) mass is 492 g/mol. The molecule has 186 valence electrons. The van der Waals surface area contributed by atoms with E-state index in [9.17, 15) is 27.6 Å². The maximum atomic E-state index is 13.2. The van der Waals surface area contributed by atoms with Gasteiger partial charge in [-0.3, -0.25) is 14.4 Å². The van der Waals surface area contributed by atoms with Gasteiger partial charge in [0.15, 0.2) is 0 Å². The number of rotatable bonds is 4. The molecule has 1 fully saturated rings. The van der Waals surface area contributed by atoms with Gasteiger partial charge in [0, 0.05) is 18.3 Å². The number of hydrogen-bond acceptors (Lipinski definition) is 5. The maximum Gasteiger partial charge on any atom is 0.416 e. The number of anilines is 1. The van der Waals surface area contributed by atoms with Gasteiger partial charge < -0.3 is 24.8 Å². The average molecular weight is 492 g/mol.